The third kappa shape index (κ3) is 5.26. The van der Waals surface area contributed by atoms with E-state index in [-0.39, 0.29) is 0 Å². The summed E-state index contributed by atoms with van der Waals surface area (Å²) in [5.74, 6) is 1.82. The van der Waals surface area contributed by atoms with Gasteiger partial charge >= 0.3 is 0 Å². The third-order valence-electron chi connectivity index (χ3n) is 9.04. The van der Waals surface area contributed by atoms with Gasteiger partial charge in [-0.2, -0.15) is 9.97 Å². The van der Waals surface area contributed by atoms with Crippen LogP contribution in [0, 0.1) is 0 Å². The minimum absolute atomic E-state index is 0.574. The van der Waals surface area contributed by atoms with Gasteiger partial charge in [0.05, 0.1) is 11.0 Å². The van der Waals surface area contributed by atoms with E-state index in [4.69, 9.17) is 15.0 Å². The fraction of sp³-hybridized carbons (Fsp3) is 0. The highest BCUT2D eigenvalue weighted by Gasteiger charge is 2.21. The molecule has 7 aromatic carbocycles. The Bertz CT molecular complexity index is 2580. The van der Waals surface area contributed by atoms with Crippen LogP contribution in [0.2, 0.25) is 0 Å². The van der Waals surface area contributed by atoms with Gasteiger partial charge in [-0.3, -0.25) is 4.57 Å². The minimum Gasteiger partial charge on any atom is -0.277 e. The van der Waals surface area contributed by atoms with Crippen molar-refractivity contribution in [1.82, 2.24) is 19.5 Å². The van der Waals surface area contributed by atoms with Crippen LogP contribution in [-0.4, -0.2) is 19.5 Å². The maximum absolute atomic E-state index is 5.26. The first-order chi connectivity index (χ1) is 24.3. The molecule has 9 aromatic rings. The Morgan fingerprint density at radius 1 is 0.327 bits per heavy atom. The monoisotopic (exact) mass is 626 g/mol. The molecule has 0 amide bonds. The lowest BCUT2D eigenvalue weighted by Crippen LogP contribution is -2.07. The SMILES string of the molecule is c1ccc(-c2cccc(-c3nc(-c4ccccc4)nc(-n4c5ccccc5c5cc(-c6ccccc6)cc(-c6ccccc6)c54)n3)c2)cc1. The molecule has 2 aromatic heterocycles. The Hall–Kier alpha value is -6.65. The van der Waals surface area contributed by atoms with Crippen molar-refractivity contribution in [2.75, 3.05) is 0 Å². The zero-order chi connectivity index (χ0) is 32.6. The summed E-state index contributed by atoms with van der Waals surface area (Å²) >= 11 is 0. The van der Waals surface area contributed by atoms with Crippen molar-refractivity contribution >= 4 is 21.8 Å². The van der Waals surface area contributed by atoms with Crippen LogP contribution >= 0.6 is 0 Å². The van der Waals surface area contributed by atoms with E-state index in [1.54, 1.807) is 0 Å². The molecule has 49 heavy (non-hydrogen) atoms. The molecule has 0 aliphatic heterocycles. The first kappa shape index (κ1) is 28.6. The lowest BCUT2D eigenvalue weighted by molar-refractivity contribution is 0.954. The van der Waals surface area contributed by atoms with Gasteiger partial charge in [0.25, 0.3) is 0 Å². The van der Waals surface area contributed by atoms with Gasteiger partial charge in [0.1, 0.15) is 0 Å². The molecule has 0 aliphatic carbocycles. The molecule has 9 rings (SSSR count). The molecule has 0 unspecified atom stereocenters. The topological polar surface area (TPSA) is 43.6 Å². The minimum atomic E-state index is 0.574. The molecule has 2 heterocycles. The highest BCUT2D eigenvalue weighted by atomic mass is 15.2. The van der Waals surface area contributed by atoms with Gasteiger partial charge < -0.3 is 0 Å². The van der Waals surface area contributed by atoms with E-state index >= 15 is 0 Å². The summed E-state index contributed by atoms with van der Waals surface area (Å²) in [6.07, 6.45) is 0. The predicted octanol–water partition coefficient (Wildman–Crippen LogP) is 11.3. The summed E-state index contributed by atoms with van der Waals surface area (Å²) in [5.41, 5.74) is 10.8. The van der Waals surface area contributed by atoms with Crippen LogP contribution in [0.1, 0.15) is 0 Å². The van der Waals surface area contributed by atoms with E-state index in [1.807, 2.05) is 24.3 Å². The molecule has 0 N–H and O–H groups in total. The average Bonchev–Trinajstić information content (AvgIpc) is 3.53. The zero-order valence-electron chi connectivity index (χ0n) is 26.6. The summed E-state index contributed by atoms with van der Waals surface area (Å²) in [7, 11) is 0. The van der Waals surface area contributed by atoms with Gasteiger partial charge in [0.15, 0.2) is 11.6 Å². The maximum atomic E-state index is 5.26. The molecule has 0 aliphatic rings. The molecular weight excluding hydrogens is 597 g/mol. The standard InChI is InChI=1S/C45H30N4/c1-5-16-31(17-6-1)35-24-15-25-36(28-35)44-46-43(34-22-11-4-12-23-34)47-45(48-44)49-41-27-14-13-26-38(41)40-30-37(32-18-7-2-8-19-32)29-39(42(40)49)33-20-9-3-10-21-33/h1-30H. The molecule has 0 fully saturated rings. The molecule has 0 atom stereocenters. The number of nitrogens with zero attached hydrogens (tertiary/aromatic N) is 4. The predicted molar refractivity (Wildman–Crippen MR) is 201 cm³/mol. The van der Waals surface area contributed by atoms with Crippen LogP contribution in [0.5, 0.6) is 0 Å². The quantitative estimate of drug-likeness (QED) is 0.184. The highest BCUT2D eigenvalue weighted by Crippen LogP contribution is 2.41. The van der Waals surface area contributed by atoms with Gasteiger partial charge in [-0.25, -0.2) is 4.98 Å². The number of fused-ring (bicyclic) bond motifs is 3. The van der Waals surface area contributed by atoms with Gasteiger partial charge in [0, 0.05) is 27.5 Å². The van der Waals surface area contributed by atoms with E-state index in [9.17, 15) is 0 Å². The van der Waals surface area contributed by atoms with E-state index in [0.29, 0.717) is 17.6 Å². The van der Waals surface area contributed by atoms with Crippen LogP contribution in [0.15, 0.2) is 182 Å². The van der Waals surface area contributed by atoms with Crippen LogP contribution in [0.25, 0.3) is 83.9 Å². The van der Waals surface area contributed by atoms with Gasteiger partial charge in [-0.05, 0) is 52.1 Å². The van der Waals surface area contributed by atoms with Gasteiger partial charge in [0.2, 0.25) is 5.95 Å². The smallest absolute Gasteiger partial charge is 0.238 e. The Morgan fingerprint density at radius 3 is 1.51 bits per heavy atom. The maximum Gasteiger partial charge on any atom is 0.238 e. The fourth-order valence-electron chi connectivity index (χ4n) is 6.72. The first-order valence-corrected chi connectivity index (χ1v) is 16.5. The Labute approximate surface area is 284 Å². The largest absolute Gasteiger partial charge is 0.277 e. The Morgan fingerprint density at radius 2 is 0.837 bits per heavy atom. The van der Waals surface area contributed by atoms with Crippen LogP contribution in [0.3, 0.4) is 0 Å². The van der Waals surface area contributed by atoms with E-state index in [1.165, 1.54) is 5.56 Å². The average molecular weight is 627 g/mol. The lowest BCUT2D eigenvalue weighted by Gasteiger charge is -2.14. The number of hydrogen-bond donors (Lipinski definition) is 0. The molecule has 0 spiro atoms. The second-order valence-electron chi connectivity index (χ2n) is 12.1. The molecule has 4 heteroatoms. The molecule has 0 saturated heterocycles. The summed E-state index contributed by atoms with van der Waals surface area (Å²) in [5, 5.41) is 2.28. The molecule has 230 valence electrons. The Kier molecular flexibility index (Phi) is 7.10. The number of benzene rings is 7. The van der Waals surface area contributed by atoms with Crippen LogP contribution in [-0.2, 0) is 0 Å². The van der Waals surface area contributed by atoms with E-state index in [0.717, 1.165) is 60.8 Å². The number of aromatic nitrogens is 4. The Balaban J connectivity index is 1.36. The third-order valence-corrected chi connectivity index (χ3v) is 9.04. The van der Waals surface area contributed by atoms with Crippen molar-refractivity contribution in [2.45, 2.75) is 0 Å². The van der Waals surface area contributed by atoms with Gasteiger partial charge in [-0.15, -0.1) is 0 Å². The summed E-state index contributed by atoms with van der Waals surface area (Å²) < 4.78 is 2.22. The second kappa shape index (κ2) is 12.2. The van der Waals surface area contributed by atoms with Crippen molar-refractivity contribution in [2.24, 2.45) is 0 Å². The van der Waals surface area contributed by atoms with Gasteiger partial charge in [-0.1, -0.05) is 158 Å². The summed E-state index contributed by atoms with van der Waals surface area (Å²) in [6, 6.07) is 63.3. The van der Waals surface area contributed by atoms with E-state index < -0.39 is 0 Å². The molecule has 4 nitrogen and oxygen atoms in total. The van der Waals surface area contributed by atoms with Crippen molar-refractivity contribution in [3.05, 3.63) is 182 Å². The van der Waals surface area contributed by atoms with Crippen LogP contribution < -0.4 is 0 Å². The van der Waals surface area contributed by atoms with Crippen molar-refractivity contribution in [1.29, 1.82) is 0 Å². The lowest BCUT2D eigenvalue weighted by atomic mass is 9.95. The van der Waals surface area contributed by atoms with E-state index in [2.05, 4.69) is 162 Å². The van der Waals surface area contributed by atoms with Crippen molar-refractivity contribution in [3.8, 4) is 62.1 Å². The zero-order valence-corrected chi connectivity index (χ0v) is 26.6. The second-order valence-corrected chi connectivity index (χ2v) is 12.1. The fourth-order valence-corrected chi connectivity index (χ4v) is 6.72. The summed E-state index contributed by atoms with van der Waals surface area (Å²) in [4.78, 5) is 15.5. The normalized spacial score (nSPS) is 11.3. The highest BCUT2D eigenvalue weighted by molar-refractivity contribution is 6.15. The number of hydrogen-bond acceptors (Lipinski definition) is 3. The molecular formula is C45H30N4. The first-order valence-electron chi connectivity index (χ1n) is 16.5. The van der Waals surface area contributed by atoms with Crippen molar-refractivity contribution < 1.29 is 0 Å². The van der Waals surface area contributed by atoms with Crippen molar-refractivity contribution in [3.63, 3.8) is 0 Å². The van der Waals surface area contributed by atoms with Crippen LogP contribution in [0.4, 0.5) is 0 Å². The molecule has 0 bridgehead atoms. The number of rotatable bonds is 6. The molecule has 0 radical (unpaired) electrons. The number of para-hydroxylation sites is 1. The molecule has 0 saturated carbocycles. The summed E-state index contributed by atoms with van der Waals surface area (Å²) in [6.45, 7) is 0.